The van der Waals surface area contributed by atoms with Gasteiger partial charge in [0.15, 0.2) is 5.82 Å². The molecule has 5 rings (SSSR count). The van der Waals surface area contributed by atoms with Gasteiger partial charge in [0.05, 0.1) is 11.0 Å². The number of thiophene rings is 1. The third kappa shape index (κ3) is 2.58. The molecule has 126 valence electrons. The Labute approximate surface area is 169 Å². The van der Waals surface area contributed by atoms with Gasteiger partial charge < -0.3 is 0 Å². The smallest absolute Gasteiger partial charge is 0.165 e. The molecule has 4 aromatic heterocycles. The molecule has 4 nitrogen and oxygen atoms in total. The average Bonchev–Trinajstić information content (AvgIpc) is 3.32. The van der Waals surface area contributed by atoms with Crippen LogP contribution in [-0.2, 0) is 0 Å². The molecule has 0 amide bonds. The van der Waals surface area contributed by atoms with E-state index in [0.29, 0.717) is 0 Å². The summed E-state index contributed by atoms with van der Waals surface area (Å²) in [7, 11) is 0. The van der Waals surface area contributed by atoms with Crippen molar-refractivity contribution in [3.05, 3.63) is 69.3 Å². The zero-order valence-electron chi connectivity index (χ0n) is 13.2. The molecule has 0 fully saturated rings. The molecule has 7 heteroatoms. The van der Waals surface area contributed by atoms with E-state index in [1.54, 1.807) is 23.7 Å². The number of aromatic nitrogens is 4. The van der Waals surface area contributed by atoms with Gasteiger partial charge in [-0.3, -0.25) is 9.55 Å². The molecule has 26 heavy (non-hydrogen) atoms. The Kier molecular flexibility index (Phi) is 3.88. The summed E-state index contributed by atoms with van der Waals surface area (Å²) >= 11 is 8.82. The maximum absolute atomic E-state index is 4.94. The van der Waals surface area contributed by atoms with Gasteiger partial charge in [-0.1, -0.05) is 12.1 Å². The third-order valence-electron chi connectivity index (χ3n) is 4.15. The molecule has 0 aliphatic carbocycles. The average molecular weight is 486 g/mol. The molecule has 0 saturated heterocycles. The van der Waals surface area contributed by atoms with E-state index in [2.05, 4.69) is 82.1 Å². The van der Waals surface area contributed by atoms with E-state index in [0.717, 1.165) is 47.3 Å². The molecule has 0 radical (unpaired) electrons. The van der Waals surface area contributed by atoms with Crippen LogP contribution in [0.15, 0.2) is 69.3 Å². The highest BCUT2D eigenvalue weighted by atomic mass is 79.9. The van der Waals surface area contributed by atoms with Crippen LogP contribution in [0.3, 0.4) is 0 Å². The normalized spacial score (nSPS) is 11.5. The number of halogens is 2. The van der Waals surface area contributed by atoms with Gasteiger partial charge >= 0.3 is 0 Å². The number of benzene rings is 1. The first kappa shape index (κ1) is 16.1. The number of nitrogens with zero attached hydrogens (tertiary/aromatic N) is 4. The van der Waals surface area contributed by atoms with Crippen molar-refractivity contribution in [1.82, 2.24) is 19.5 Å². The number of hydrogen-bond acceptors (Lipinski definition) is 4. The highest BCUT2D eigenvalue weighted by Crippen LogP contribution is 2.33. The van der Waals surface area contributed by atoms with Crippen molar-refractivity contribution in [3.63, 3.8) is 0 Å². The standard InChI is InChI=1S/C19H10Br2N4S/c20-13-8-11-3-4-12-9-14(21)18(24-17(12)16(11)23-10-13)19-22-5-6-25(19)15-2-1-7-26-15/h1-10H. The van der Waals surface area contributed by atoms with Crippen molar-refractivity contribution in [2.45, 2.75) is 0 Å². The Hall–Kier alpha value is -2.09. The minimum atomic E-state index is 0.799. The molecule has 1 aromatic carbocycles. The summed E-state index contributed by atoms with van der Waals surface area (Å²) < 4.78 is 3.92. The summed E-state index contributed by atoms with van der Waals surface area (Å²) in [6, 6.07) is 12.4. The quantitative estimate of drug-likeness (QED) is 0.278. The lowest BCUT2D eigenvalue weighted by molar-refractivity contribution is 1.08. The van der Waals surface area contributed by atoms with Gasteiger partial charge in [0.2, 0.25) is 0 Å². The van der Waals surface area contributed by atoms with E-state index in [4.69, 9.17) is 4.98 Å². The molecule has 4 heterocycles. The van der Waals surface area contributed by atoms with Crippen molar-refractivity contribution in [2.24, 2.45) is 0 Å². The molecule has 0 bridgehead atoms. The van der Waals surface area contributed by atoms with Crippen LogP contribution in [0.25, 0.3) is 38.3 Å². The molecule has 0 aliphatic rings. The first-order chi connectivity index (χ1) is 12.7. The van der Waals surface area contributed by atoms with Crippen LogP contribution < -0.4 is 0 Å². The van der Waals surface area contributed by atoms with Crippen molar-refractivity contribution >= 4 is 65.0 Å². The van der Waals surface area contributed by atoms with Gasteiger partial charge in [-0.15, -0.1) is 11.3 Å². The van der Waals surface area contributed by atoms with E-state index < -0.39 is 0 Å². The monoisotopic (exact) mass is 484 g/mol. The summed E-state index contributed by atoms with van der Waals surface area (Å²) in [5.74, 6) is 0.801. The molecule has 0 spiro atoms. The Balaban J connectivity index is 1.80. The summed E-state index contributed by atoms with van der Waals surface area (Å²) in [4.78, 5) is 14.1. The molecular weight excluding hydrogens is 476 g/mol. The van der Waals surface area contributed by atoms with Gasteiger partial charge in [0.25, 0.3) is 0 Å². The molecule has 0 atom stereocenters. The highest BCUT2D eigenvalue weighted by molar-refractivity contribution is 9.10. The van der Waals surface area contributed by atoms with Gasteiger partial charge in [-0.05, 0) is 61.5 Å². The number of pyridine rings is 2. The SMILES string of the molecule is Brc1cnc2c(ccc3cc(Br)c(-c4nccn4-c4cccs4)nc32)c1. The summed E-state index contributed by atoms with van der Waals surface area (Å²) in [6.07, 6.45) is 5.56. The fourth-order valence-corrected chi connectivity index (χ4v) is 4.58. The van der Waals surface area contributed by atoms with Gasteiger partial charge in [-0.2, -0.15) is 0 Å². The van der Waals surface area contributed by atoms with E-state index in [-0.39, 0.29) is 0 Å². The lowest BCUT2D eigenvalue weighted by Gasteiger charge is -2.10. The number of fused-ring (bicyclic) bond motifs is 3. The zero-order chi connectivity index (χ0) is 17.7. The molecule has 0 N–H and O–H groups in total. The van der Waals surface area contributed by atoms with Gasteiger partial charge in [0.1, 0.15) is 10.7 Å². The third-order valence-corrected chi connectivity index (χ3v) is 6.06. The molecule has 5 aromatic rings. The van der Waals surface area contributed by atoms with Gasteiger partial charge in [0, 0.05) is 38.3 Å². The number of rotatable bonds is 2. The van der Waals surface area contributed by atoms with Crippen molar-refractivity contribution in [2.75, 3.05) is 0 Å². The highest BCUT2D eigenvalue weighted by Gasteiger charge is 2.16. The fraction of sp³-hybridized carbons (Fsp3) is 0. The van der Waals surface area contributed by atoms with Crippen molar-refractivity contribution in [3.8, 4) is 16.5 Å². The molecule has 0 aliphatic heterocycles. The van der Waals surface area contributed by atoms with Crippen LogP contribution in [0.1, 0.15) is 0 Å². The second-order valence-electron chi connectivity index (χ2n) is 5.75. The van der Waals surface area contributed by atoms with E-state index in [1.165, 1.54) is 0 Å². The maximum Gasteiger partial charge on any atom is 0.165 e. The Bertz CT molecular complexity index is 1260. The topological polar surface area (TPSA) is 43.6 Å². The fourth-order valence-electron chi connectivity index (χ4n) is 3.00. The first-order valence-corrected chi connectivity index (χ1v) is 10.3. The summed E-state index contributed by atoms with van der Waals surface area (Å²) in [5.41, 5.74) is 2.55. The van der Waals surface area contributed by atoms with Crippen LogP contribution in [0.4, 0.5) is 0 Å². The molecular formula is C19H10Br2N4S. The van der Waals surface area contributed by atoms with Crippen molar-refractivity contribution < 1.29 is 0 Å². The predicted molar refractivity (Wildman–Crippen MR) is 113 cm³/mol. The minimum Gasteiger partial charge on any atom is -0.290 e. The second kappa shape index (κ2) is 6.26. The summed E-state index contributed by atoms with van der Waals surface area (Å²) in [5, 5.41) is 5.25. The Morgan fingerprint density at radius 1 is 0.962 bits per heavy atom. The van der Waals surface area contributed by atoms with Crippen LogP contribution in [0, 0.1) is 0 Å². The molecule has 0 saturated carbocycles. The minimum absolute atomic E-state index is 0.799. The van der Waals surface area contributed by atoms with Crippen molar-refractivity contribution in [1.29, 1.82) is 0 Å². The second-order valence-corrected chi connectivity index (χ2v) is 8.45. The van der Waals surface area contributed by atoms with Gasteiger partial charge in [-0.25, -0.2) is 9.97 Å². The van der Waals surface area contributed by atoms with E-state index >= 15 is 0 Å². The van der Waals surface area contributed by atoms with E-state index in [9.17, 15) is 0 Å². The zero-order valence-corrected chi connectivity index (χ0v) is 17.2. The van der Waals surface area contributed by atoms with Crippen LogP contribution in [-0.4, -0.2) is 19.5 Å². The largest absolute Gasteiger partial charge is 0.290 e. The summed E-state index contributed by atoms with van der Waals surface area (Å²) in [6.45, 7) is 0. The lowest BCUT2D eigenvalue weighted by Crippen LogP contribution is -1.98. The maximum atomic E-state index is 4.94. The predicted octanol–water partition coefficient (Wildman–Crippen LogP) is 6.22. The van der Waals surface area contributed by atoms with Crippen LogP contribution in [0.2, 0.25) is 0 Å². The Morgan fingerprint density at radius 2 is 1.81 bits per heavy atom. The molecule has 0 unspecified atom stereocenters. The number of imidazole rings is 1. The van der Waals surface area contributed by atoms with E-state index in [1.807, 2.05) is 12.3 Å². The first-order valence-electron chi connectivity index (χ1n) is 7.83. The number of hydrogen-bond donors (Lipinski definition) is 0. The Morgan fingerprint density at radius 3 is 2.62 bits per heavy atom. The van der Waals surface area contributed by atoms with Crippen LogP contribution >= 0.6 is 43.2 Å². The van der Waals surface area contributed by atoms with Crippen LogP contribution in [0.5, 0.6) is 0 Å². The lowest BCUT2D eigenvalue weighted by atomic mass is 10.1.